The van der Waals surface area contributed by atoms with Crippen molar-refractivity contribution in [3.8, 4) is 0 Å². The predicted octanol–water partition coefficient (Wildman–Crippen LogP) is 3.60. The molecule has 0 saturated carbocycles. The van der Waals surface area contributed by atoms with Crippen LogP contribution in [0.1, 0.15) is 37.0 Å². The van der Waals surface area contributed by atoms with Crippen molar-refractivity contribution in [1.29, 1.82) is 0 Å². The molecule has 0 aliphatic rings. The summed E-state index contributed by atoms with van der Waals surface area (Å²) in [6, 6.07) is 10.4. The van der Waals surface area contributed by atoms with Crippen LogP contribution >= 0.6 is 0 Å². The van der Waals surface area contributed by atoms with Crippen LogP contribution in [0.15, 0.2) is 47.5 Å². The van der Waals surface area contributed by atoms with Gasteiger partial charge in [0.25, 0.3) is 0 Å². The van der Waals surface area contributed by atoms with Crippen molar-refractivity contribution in [3.63, 3.8) is 0 Å². The Balaban J connectivity index is 1.95. The second-order valence-electron chi connectivity index (χ2n) is 5.15. The van der Waals surface area contributed by atoms with E-state index in [9.17, 15) is 0 Å². The minimum absolute atomic E-state index is 0.653. The van der Waals surface area contributed by atoms with Crippen LogP contribution in [0.25, 0.3) is 0 Å². The van der Waals surface area contributed by atoms with Gasteiger partial charge in [-0.1, -0.05) is 54.9 Å². The molecule has 0 fully saturated rings. The fraction of sp³-hybridized carbons (Fsp3) is 0.412. The standard InChI is InChI=1S/C17H23N3O/c1-3-5-11-16-18-17(21-19-16)14-20(12-4-2)13-15-9-7-6-8-10-15/h4,6-10H,2-3,5,11-14H2,1H3. The van der Waals surface area contributed by atoms with Crippen LogP contribution in [0.3, 0.4) is 0 Å². The third-order valence-electron chi connectivity index (χ3n) is 3.26. The van der Waals surface area contributed by atoms with E-state index < -0.39 is 0 Å². The van der Waals surface area contributed by atoms with Gasteiger partial charge < -0.3 is 4.52 Å². The molecular formula is C17H23N3O. The lowest BCUT2D eigenvalue weighted by Crippen LogP contribution is -2.23. The second kappa shape index (κ2) is 8.37. The van der Waals surface area contributed by atoms with Crippen molar-refractivity contribution in [3.05, 3.63) is 60.3 Å². The summed E-state index contributed by atoms with van der Waals surface area (Å²) in [6.07, 6.45) is 5.03. The van der Waals surface area contributed by atoms with Crippen LogP contribution in [0.5, 0.6) is 0 Å². The molecule has 1 heterocycles. The lowest BCUT2D eigenvalue weighted by molar-refractivity contribution is 0.239. The van der Waals surface area contributed by atoms with E-state index in [0.717, 1.165) is 38.2 Å². The lowest BCUT2D eigenvalue weighted by Gasteiger charge is -2.18. The minimum atomic E-state index is 0.653. The quantitative estimate of drug-likeness (QED) is 0.660. The first-order valence-corrected chi connectivity index (χ1v) is 7.50. The Bertz CT molecular complexity index is 536. The third kappa shape index (κ3) is 5.16. The second-order valence-corrected chi connectivity index (χ2v) is 5.15. The highest BCUT2D eigenvalue weighted by Gasteiger charge is 2.11. The molecule has 0 unspecified atom stereocenters. The molecule has 0 bridgehead atoms. The van der Waals surface area contributed by atoms with Crippen molar-refractivity contribution in [1.82, 2.24) is 15.0 Å². The van der Waals surface area contributed by atoms with E-state index in [4.69, 9.17) is 4.52 Å². The molecule has 2 aromatic rings. The summed E-state index contributed by atoms with van der Waals surface area (Å²) in [6.45, 7) is 8.27. The SMILES string of the molecule is C=CCN(Cc1ccccc1)Cc1nc(CCCC)no1. The first kappa shape index (κ1) is 15.4. The summed E-state index contributed by atoms with van der Waals surface area (Å²) in [7, 11) is 0. The fourth-order valence-electron chi connectivity index (χ4n) is 2.19. The highest BCUT2D eigenvalue weighted by molar-refractivity contribution is 5.14. The molecule has 4 nitrogen and oxygen atoms in total. The van der Waals surface area contributed by atoms with Gasteiger partial charge in [-0.15, -0.1) is 6.58 Å². The number of hydrogen-bond acceptors (Lipinski definition) is 4. The highest BCUT2D eigenvalue weighted by atomic mass is 16.5. The van der Waals surface area contributed by atoms with E-state index in [1.165, 1.54) is 5.56 Å². The van der Waals surface area contributed by atoms with Gasteiger partial charge in [-0.3, -0.25) is 4.90 Å². The third-order valence-corrected chi connectivity index (χ3v) is 3.26. The molecule has 0 amide bonds. The number of aryl methyl sites for hydroxylation is 1. The molecule has 0 aliphatic carbocycles. The van der Waals surface area contributed by atoms with E-state index in [1.807, 2.05) is 12.1 Å². The number of benzene rings is 1. The number of aromatic nitrogens is 2. The maximum Gasteiger partial charge on any atom is 0.240 e. The van der Waals surface area contributed by atoms with Gasteiger partial charge in [0.15, 0.2) is 5.82 Å². The van der Waals surface area contributed by atoms with Gasteiger partial charge in [0.05, 0.1) is 6.54 Å². The molecule has 0 aliphatic heterocycles. The highest BCUT2D eigenvalue weighted by Crippen LogP contribution is 2.10. The normalized spacial score (nSPS) is 11.0. The first-order chi connectivity index (χ1) is 10.3. The Hall–Kier alpha value is -1.94. The van der Waals surface area contributed by atoms with E-state index in [-0.39, 0.29) is 0 Å². The molecule has 0 radical (unpaired) electrons. The molecule has 0 N–H and O–H groups in total. The monoisotopic (exact) mass is 285 g/mol. The number of rotatable bonds is 9. The van der Waals surface area contributed by atoms with Gasteiger partial charge in [-0.25, -0.2) is 0 Å². The largest absolute Gasteiger partial charge is 0.338 e. The molecular weight excluding hydrogens is 262 g/mol. The molecule has 1 aromatic carbocycles. The predicted molar refractivity (Wildman–Crippen MR) is 83.7 cm³/mol. The minimum Gasteiger partial charge on any atom is -0.338 e. The van der Waals surface area contributed by atoms with Crippen molar-refractivity contribution in [2.24, 2.45) is 0 Å². The smallest absolute Gasteiger partial charge is 0.240 e. The summed E-state index contributed by atoms with van der Waals surface area (Å²) in [4.78, 5) is 6.69. The molecule has 0 atom stereocenters. The van der Waals surface area contributed by atoms with Gasteiger partial charge >= 0.3 is 0 Å². The van der Waals surface area contributed by atoms with Gasteiger partial charge in [0.2, 0.25) is 5.89 Å². The molecule has 1 aromatic heterocycles. The fourth-order valence-corrected chi connectivity index (χ4v) is 2.19. The number of unbranched alkanes of at least 4 members (excludes halogenated alkanes) is 1. The summed E-state index contributed by atoms with van der Waals surface area (Å²) >= 11 is 0. The number of nitrogens with zero attached hydrogens (tertiary/aromatic N) is 3. The Morgan fingerprint density at radius 2 is 2.05 bits per heavy atom. The Morgan fingerprint density at radius 3 is 2.76 bits per heavy atom. The Kier molecular flexibility index (Phi) is 6.16. The molecule has 0 saturated heterocycles. The van der Waals surface area contributed by atoms with Crippen LogP contribution in [0.2, 0.25) is 0 Å². The van der Waals surface area contributed by atoms with E-state index in [2.05, 4.69) is 52.8 Å². The molecule has 112 valence electrons. The lowest BCUT2D eigenvalue weighted by atomic mass is 10.2. The van der Waals surface area contributed by atoms with Crippen LogP contribution < -0.4 is 0 Å². The topological polar surface area (TPSA) is 42.2 Å². The summed E-state index contributed by atoms with van der Waals surface area (Å²) in [5.74, 6) is 1.49. The molecule has 4 heteroatoms. The summed E-state index contributed by atoms with van der Waals surface area (Å²) in [5.41, 5.74) is 1.27. The van der Waals surface area contributed by atoms with Crippen molar-refractivity contribution in [2.75, 3.05) is 6.54 Å². The van der Waals surface area contributed by atoms with E-state index in [0.29, 0.717) is 12.4 Å². The van der Waals surface area contributed by atoms with E-state index >= 15 is 0 Å². The van der Waals surface area contributed by atoms with Crippen LogP contribution in [-0.4, -0.2) is 21.6 Å². The van der Waals surface area contributed by atoms with Crippen LogP contribution in [0.4, 0.5) is 0 Å². The van der Waals surface area contributed by atoms with Gasteiger partial charge in [-0.05, 0) is 12.0 Å². The van der Waals surface area contributed by atoms with Crippen LogP contribution in [-0.2, 0) is 19.5 Å². The maximum absolute atomic E-state index is 5.34. The van der Waals surface area contributed by atoms with Crippen molar-refractivity contribution < 1.29 is 4.52 Å². The zero-order valence-electron chi connectivity index (χ0n) is 12.7. The molecule has 21 heavy (non-hydrogen) atoms. The van der Waals surface area contributed by atoms with Gasteiger partial charge in [0.1, 0.15) is 0 Å². The van der Waals surface area contributed by atoms with Crippen molar-refractivity contribution in [2.45, 2.75) is 39.3 Å². The Morgan fingerprint density at radius 1 is 1.24 bits per heavy atom. The molecule has 0 spiro atoms. The van der Waals surface area contributed by atoms with Gasteiger partial charge in [0, 0.05) is 19.5 Å². The summed E-state index contributed by atoms with van der Waals surface area (Å²) in [5, 5.41) is 4.04. The average molecular weight is 285 g/mol. The zero-order chi connectivity index (χ0) is 14.9. The molecule has 2 rings (SSSR count). The average Bonchev–Trinajstić information content (AvgIpc) is 2.94. The summed E-state index contributed by atoms with van der Waals surface area (Å²) < 4.78 is 5.34. The van der Waals surface area contributed by atoms with Crippen LogP contribution in [0, 0.1) is 0 Å². The maximum atomic E-state index is 5.34. The first-order valence-electron chi connectivity index (χ1n) is 7.50. The Labute approximate surface area is 126 Å². The number of hydrogen-bond donors (Lipinski definition) is 0. The van der Waals surface area contributed by atoms with Gasteiger partial charge in [-0.2, -0.15) is 4.98 Å². The zero-order valence-corrected chi connectivity index (χ0v) is 12.7. The van der Waals surface area contributed by atoms with E-state index in [1.54, 1.807) is 0 Å². The van der Waals surface area contributed by atoms with Crippen molar-refractivity contribution >= 4 is 0 Å².